The molecule has 32 heavy (non-hydrogen) atoms. The minimum Gasteiger partial charge on any atom is -0.439 e. The largest absolute Gasteiger partial charge is 0.439 e. The number of rotatable bonds is 7. The van der Waals surface area contributed by atoms with E-state index in [1.165, 1.54) is 5.56 Å². The zero-order valence-electron chi connectivity index (χ0n) is 18.1. The van der Waals surface area contributed by atoms with Crippen molar-refractivity contribution < 1.29 is 9.47 Å². The molecule has 1 aliphatic heterocycles. The molecule has 1 fully saturated rings. The number of pyridine rings is 1. The molecule has 6 nitrogen and oxygen atoms in total. The van der Waals surface area contributed by atoms with E-state index in [1.54, 1.807) is 18.3 Å². The van der Waals surface area contributed by atoms with E-state index in [1.807, 2.05) is 19.1 Å². The molecule has 0 spiro atoms. The molecule has 0 atom stereocenters. The van der Waals surface area contributed by atoms with Crippen LogP contribution < -0.4 is 10.1 Å². The Morgan fingerprint density at radius 1 is 1.12 bits per heavy atom. The van der Waals surface area contributed by atoms with Crippen LogP contribution in [0.1, 0.15) is 16.7 Å². The predicted molar refractivity (Wildman–Crippen MR) is 127 cm³/mol. The minimum absolute atomic E-state index is 0.521. The van der Waals surface area contributed by atoms with Crippen LogP contribution in [0, 0.1) is 12.8 Å². The van der Waals surface area contributed by atoms with Gasteiger partial charge in [0.1, 0.15) is 5.75 Å². The number of halogens is 1. The summed E-state index contributed by atoms with van der Waals surface area (Å²) in [7, 11) is 2.05. The van der Waals surface area contributed by atoms with Gasteiger partial charge in [0.15, 0.2) is 0 Å². The number of nitrogens with zero attached hydrogens (tertiary/aromatic N) is 3. The fourth-order valence-corrected chi connectivity index (χ4v) is 4.02. The quantitative estimate of drug-likeness (QED) is 0.403. The van der Waals surface area contributed by atoms with Crippen molar-refractivity contribution in [3.8, 4) is 11.6 Å². The van der Waals surface area contributed by atoms with Gasteiger partial charge in [0, 0.05) is 31.8 Å². The molecule has 0 bridgehead atoms. The predicted octanol–water partition coefficient (Wildman–Crippen LogP) is 5.52. The molecular formula is C25H25ClN4O2. The van der Waals surface area contributed by atoms with Crippen LogP contribution in [0.4, 0.5) is 5.95 Å². The molecule has 164 valence electrons. The van der Waals surface area contributed by atoms with Gasteiger partial charge in [0.25, 0.3) is 0 Å². The number of nitrogens with one attached hydrogen (secondary N) is 1. The van der Waals surface area contributed by atoms with Crippen molar-refractivity contribution in [2.24, 2.45) is 13.0 Å². The van der Waals surface area contributed by atoms with Crippen LogP contribution in [0.5, 0.6) is 11.6 Å². The van der Waals surface area contributed by atoms with Crippen molar-refractivity contribution in [1.82, 2.24) is 14.5 Å². The van der Waals surface area contributed by atoms with Crippen LogP contribution in [0.2, 0.25) is 5.02 Å². The standard InChI is InChI=1S/C25H25ClN4O2/c1-16-9-18(4-7-23(16)32-24-8-5-20(26)13-27-24)12-28-25-29-21-6-3-17(10-19-14-31-15-19)11-22(21)30(25)2/h3-9,11,13,19H,10,12,14-15H2,1-2H3,(H,28,29). The molecule has 0 amide bonds. The number of aryl methyl sites for hydroxylation is 2. The molecule has 0 unspecified atom stereocenters. The maximum atomic E-state index is 5.89. The van der Waals surface area contributed by atoms with Crippen LogP contribution in [-0.4, -0.2) is 27.7 Å². The zero-order valence-corrected chi connectivity index (χ0v) is 18.9. The monoisotopic (exact) mass is 448 g/mol. The fraction of sp³-hybridized carbons (Fsp3) is 0.280. The Balaban J connectivity index is 1.27. The molecule has 3 heterocycles. The Kier molecular flexibility index (Phi) is 5.72. The first-order valence-corrected chi connectivity index (χ1v) is 11.1. The number of hydrogen-bond donors (Lipinski definition) is 1. The maximum Gasteiger partial charge on any atom is 0.219 e. The van der Waals surface area contributed by atoms with Gasteiger partial charge >= 0.3 is 0 Å². The molecule has 1 saturated heterocycles. The average molecular weight is 449 g/mol. The van der Waals surface area contributed by atoms with Gasteiger partial charge in [0.05, 0.1) is 29.3 Å². The molecule has 2 aromatic carbocycles. The summed E-state index contributed by atoms with van der Waals surface area (Å²) in [5.41, 5.74) is 5.66. The molecule has 0 saturated carbocycles. The van der Waals surface area contributed by atoms with Crippen molar-refractivity contribution >= 4 is 28.6 Å². The number of aromatic nitrogens is 3. The molecule has 4 aromatic rings. The average Bonchev–Trinajstić information content (AvgIpc) is 3.08. The second-order valence-corrected chi connectivity index (χ2v) is 8.73. The fourth-order valence-electron chi connectivity index (χ4n) is 3.91. The van der Waals surface area contributed by atoms with Crippen molar-refractivity contribution in [2.45, 2.75) is 19.9 Å². The van der Waals surface area contributed by atoms with Gasteiger partial charge in [-0.1, -0.05) is 29.8 Å². The lowest BCUT2D eigenvalue weighted by Gasteiger charge is -2.25. The highest BCUT2D eigenvalue weighted by molar-refractivity contribution is 6.30. The van der Waals surface area contributed by atoms with Gasteiger partial charge < -0.3 is 19.4 Å². The number of anilines is 1. The van der Waals surface area contributed by atoms with Crippen molar-refractivity contribution in [3.05, 3.63) is 76.4 Å². The smallest absolute Gasteiger partial charge is 0.219 e. The van der Waals surface area contributed by atoms with Crippen LogP contribution >= 0.6 is 11.6 Å². The molecule has 0 radical (unpaired) electrons. The van der Waals surface area contributed by atoms with Gasteiger partial charge in [-0.3, -0.25) is 0 Å². The van der Waals surface area contributed by atoms with Crippen LogP contribution in [0.3, 0.4) is 0 Å². The topological polar surface area (TPSA) is 61.2 Å². The Labute approximate surface area is 192 Å². The molecule has 0 aliphatic carbocycles. The summed E-state index contributed by atoms with van der Waals surface area (Å²) < 4.78 is 13.3. The lowest BCUT2D eigenvalue weighted by Crippen LogP contribution is -2.29. The van der Waals surface area contributed by atoms with Gasteiger partial charge in [-0.15, -0.1) is 0 Å². The molecule has 1 aliphatic rings. The van der Waals surface area contributed by atoms with Crippen molar-refractivity contribution in [2.75, 3.05) is 18.5 Å². The van der Waals surface area contributed by atoms with Crippen molar-refractivity contribution in [1.29, 1.82) is 0 Å². The number of ether oxygens (including phenoxy) is 2. The van der Waals surface area contributed by atoms with Crippen molar-refractivity contribution in [3.63, 3.8) is 0 Å². The summed E-state index contributed by atoms with van der Waals surface area (Å²) in [5, 5.41) is 4.05. The Bertz CT molecular complexity index is 1250. The highest BCUT2D eigenvalue weighted by atomic mass is 35.5. The van der Waals surface area contributed by atoms with E-state index >= 15 is 0 Å². The second-order valence-electron chi connectivity index (χ2n) is 8.30. The van der Waals surface area contributed by atoms with Crippen LogP contribution in [0.25, 0.3) is 11.0 Å². The highest BCUT2D eigenvalue weighted by Gasteiger charge is 2.19. The van der Waals surface area contributed by atoms with Crippen LogP contribution in [-0.2, 0) is 24.8 Å². The van der Waals surface area contributed by atoms with E-state index in [0.29, 0.717) is 23.4 Å². The Hall–Kier alpha value is -3.09. The first kappa shape index (κ1) is 20.8. The summed E-state index contributed by atoms with van der Waals surface area (Å²) in [6, 6.07) is 16.2. The third-order valence-electron chi connectivity index (χ3n) is 5.78. The number of hydrogen-bond acceptors (Lipinski definition) is 5. The van der Waals surface area contributed by atoms with E-state index in [9.17, 15) is 0 Å². The highest BCUT2D eigenvalue weighted by Crippen LogP contribution is 2.26. The van der Waals surface area contributed by atoms with E-state index < -0.39 is 0 Å². The molecule has 2 aromatic heterocycles. The lowest BCUT2D eigenvalue weighted by atomic mass is 9.98. The summed E-state index contributed by atoms with van der Waals surface area (Å²) in [5.74, 6) is 2.79. The first-order chi connectivity index (χ1) is 15.5. The summed E-state index contributed by atoms with van der Waals surface area (Å²) in [4.78, 5) is 8.96. The lowest BCUT2D eigenvalue weighted by molar-refractivity contribution is -0.0312. The molecule has 1 N–H and O–H groups in total. The summed E-state index contributed by atoms with van der Waals surface area (Å²) >= 11 is 5.89. The Morgan fingerprint density at radius 2 is 1.97 bits per heavy atom. The van der Waals surface area contributed by atoms with E-state index in [4.69, 9.17) is 26.1 Å². The third kappa shape index (κ3) is 4.42. The normalized spacial score (nSPS) is 13.8. The zero-order chi connectivity index (χ0) is 22.1. The number of fused-ring (bicyclic) bond motifs is 1. The van der Waals surface area contributed by atoms with E-state index in [-0.39, 0.29) is 0 Å². The molecular weight excluding hydrogens is 424 g/mol. The SMILES string of the molecule is Cc1cc(CNc2nc3ccc(CC4COC4)cc3n2C)ccc1Oc1ccc(Cl)cn1. The number of imidazole rings is 1. The van der Waals surface area contributed by atoms with E-state index in [0.717, 1.165) is 53.5 Å². The Morgan fingerprint density at radius 3 is 2.69 bits per heavy atom. The molecule has 7 heteroatoms. The maximum absolute atomic E-state index is 5.89. The van der Waals surface area contributed by atoms with Gasteiger partial charge in [-0.25, -0.2) is 9.97 Å². The van der Waals surface area contributed by atoms with Crippen LogP contribution in [0.15, 0.2) is 54.7 Å². The number of benzene rings is 2. The third-order valence-corrected chi connectivity index (χ3v) is 6.01. The molecule has 5 rings (SSSR count). The minimum atomic E-state index is 0.521. The first-order valence-electron chi connectivity index (χ1n) is 10.7. The van der Waals surface area contributed by atoms with Gasteiger partial charge in [-0.05, 0) is 54.3 Å². The summed E-state index contributed by atoms with van der Waals surface area (Å²) in [6.45, 7) is 4.44. The van der Waals surface area contributed by atoms with E-state index in [2.05, 4.69) is 46.2 Å². The second kappa shape index (κ2) is 8.81. The van der Waals surface area contributed by atoms with Gasteiger partial charge in [-0.2, -0.15) is 0 Å². The van der Waals surface area contributed by atoms with Gasteiger partial charge in [0.2, 0.25) is 11.8 Å². The summed E-state index contributed by atoms with van der Waals surface area (Å²) in [6.07, 6.45) is 2.63.